The molecule has 184 valence electrons. The van der Waals surface area contributed by atoms with Gasteiger partial charge in [0.1, 0.15) is 12.2 Å². The van der Waals surface area contributed by atoms with E-state index in [1.807, 2.05) is 0 Å². The Hall–Kier alpha value is 0.0500. The van der Waals surface area contributed by atoms with Crippen molar-refractivity contribution in [2.24, 2.45) is 33.5 Å². The van der Waals surface area contributed by atoms with Gasteiger partial charge in [0.05, 0.1) is 46.6 Å². The summed E-state index contributed by atoms with van der Waals surface area (Å²) in [5.74, 6) is 0.261. The number of rotatable bonds is 6. The van der Waals surface area contributed by atoms with E-state index in [1.165, 1.54) is 0 Å². The van der Waals surface area contributed by atoms with Crippen molar-refractivity contribution < 1.29 is 24.1 Å². The smallest absolute Gasteiger partial charge is 0.309 e. The normalized spacial score (nSPS) is 33.5. The zero-order valence-electron chi connectivity index (χ0n) is 20.4. The fraction of sp³-hybridized carbons (Fsp3) is 0.880. The molecule has 32 heavy (non-hydrogen) atoms. The van der Waals surface area contributed by atoms with Crippen molar-refractivity contribution in [2.75, 3.05) is 26.4 Å². The van der Waals surface area contributed by atoms with Crippen molar-refractivity contribution >= 4 is 37.8 Å². The first-order valence-electron chi connectivity index (χ1n) is 11.8. The van der Waals surface area contributed by atoms with Gasteiger partial charge in [-0.05, 0) is 74.3 Å². The highest BCUT2D eigenvalue weighted by atomic mass is 79.9. The molecule has 0 aromatic heterocycles. The van der Waals surface area contributed by atoms with Crippen molar-refractivity contribution in [3.8, 4) is 0 Å². The summed E-state index contributed by atoms with van der Waals surface area (Å²) in [5.41, 5.74) is -1.11. The summed E-state index contributed by atoms with van der Waals surface area (Å²) >= 11 is 6.89. The van der Waals surface area contributed by atoms with Crippen molar-refractivity contribution in [3.05, 3.63) is 9.47 Å². The van der Waals surface area contributed by atoms with E-state index in [0.29, 0.717) is 25.7 Å². The summed E-state index contributed by atoms with van der Waals surface area (Å²) < 4.78 is 19.2. The van der Waals surface area contributed by atoms with E-state index in [0.717, 1.165) is 29.1 Å². The third-order valence-electron chi connectivity index (χ3n) is 8.58. The first kappa shape index (κ1) is 26.7. The molecule has 5 nitrogen and oxygen atoms in total. The second-order valence-electron chi connectivity index (χ2n) is 12.1. The van der Waals surface area contributed by atoms with Gasteiger partial charge in [-0.15, -0.1) is 0 Å². The summed E-state index contributed by atoms with van der Waals surface area (Å²) in [6, 6.07) is 0. The van der Waals surface area contributed by atoms with E-state index < -0.39 is 11.5 Å². The number of hydrogen-bond acceptors (Lipinski definition) is 5. The Morgan fingerprint density at radius 3 is 2.00 bits per heavy atom. The van der Waals surface area contributed by atoms with Gasteiger partial charge in [0.2, 0.25) is 0 Å². The van der Waals surface area contributed by atoms with Crippen LogP contribution < -0.4 is 0 Å². The minimum absolute atomic E-state index is 0.00909. The maximum Gasteiger partial charge on any atom is 0.309 e. The number of carbonyl (C=O) groups is 1. The Labute approximate surface area is 210 Å². The molecule has 3 fully saturated rings. The van der Waals surface area contributed by atoms with E-state index in [2.05, 4.69) is 79.5 Å². The van der Waals surface area contributed by atoms with E-state index in [1.54, 1.807) is 0 Å². The molecule has 0 aromatic carbocycles. The summed E-state index contributed by atoms with van der Waals surface area (Å²) in [4.78, 5) is 13.4. The molecule has 2 saturated heterocycles. The summed E-state index contributed by atoms with van der Waals surface area (Å²) in [5, 5.41) is 10.5. The molecule has 2 heterocycles. The first-order valence-corrected chi connectivity index (χ1v) is 13.4. The van der Waals surface area contributed by atoms with Crippen LogP contribution in [0.1, 0.15) is 67.2 Å². The minimum atomic E-state index is -0.448. The van der Waals surface area contributed by atoms with Gasteiger partial charge in [0.15, 0.2) is 0 Å². The lowest BCUT2D eigenvalue weighted by Gasteiger charge is -2.64. The molecule has 0 bridgehead atoms. The summed E-state index contributed by atoms with van der Waals surface area (Å²) in [7, 11) is 0. The number of allylic oxidation sites excluding steroid dienone is 1. The fourth-order valence-corrected chi connectivity index (χ4v) is 6.25. The van der Waals surface area contributed by atoms with Crippen LogP contribution >= 0.6 is 31.9 Å². The van der Waals surface area contributed by atoms with E-state index in [4.69, 9.17) is 14.2 Å². The third kappa shape index (κ3) is 4.75. The Morgan fingerprint density at radius 1 is 1.06 bits per heavy atom. The van der Waals surface area contributed by atoms with Crippen molar-refractivity contribution in [2.45, 2.75) is 79.4 Å². The molecule has 3 atom stereocenters. The quantitative estimate of drug-likeness (QED) is 0.402. The van der Waals surface area contributed by atoms with E-state index in [-0.39, 0.29) is 40.8 Å². The highest BCUT2D eigenvalue weighted by Gasteiger charge is 2.67. The third-order valence-corrected chi connectivity index (χ3v) is 9.11. The fourth-order valence-electron chi connectivity index (χ4n) is 5.51. The number of carbonyl (C=O) groups excluding carboxylic acids is 1. The number of halogens is 2. The molecule has 0 aromatic rings. The topological polar surface area (TPSA) is 65.0 Å². The molecule has 7 heteroatoms. The average molecular weight is 580 g/mol. The molecular formula is C25H40Br2O5. The van der Waals surface area contributed by atoms with Gasteiger partial charge in [-0.2, -0.15) is 0 Å². The van der Waals surface area contributed by atoms with Crippen LogP contribution in [0.15, 0.2) is 9.47 Å². The predicted molar refractivity (Wildman–Crippen MR) is 133 cm³/mol. The number of esters is 1. The van der Waals surface area contributed by atoms with Crippen LogP contribution in [0.2, 0.25) is 0 Å². The van der Waals surface area contributed by atoms with Crippen molar-refractivity contribution in [3.63, 3.8) is 0 Å². The molecule has 3 aliphatic rings. The standard InChI is InChI=1S/C25H40Br2O5/c1-22(2,3)24(12-28)15-31-19(24)20(25(13-30-14-25)23(4,5)6)32-21(29)17-9-7-16(8-10-17)11-18(26)27/h11,16-17,19-20,28H,7-10,12-15H2,1-6H3. The lowest BCUT2D eigenvalue weighted by Crippen LogP contribution is -2.73. The molecule has 0 radical (unpaired) electrons. The van der Waals surface area contributed by atoms with Crippen LogP contribution in [-0.4, -0.2) is 49.7 Å². The van der Waals surface area contributed by atoms with Gasteiger partial charge in [0, 0.05) is 0 Å². The Bertz CT molecular complexity index is 703. The van der Waals surface area contributed by atoms with Crippen LogP contribution in [0.4, 0.5) is 0 Å². The van der Waals surface area contributed by atoms with Crippen LogP contribution in [0.25, 0.3) is 0 Å². The zero-order chi connectivity index (χ0) is 23.9. The number of aliphatic hydroxyl groups excluding tert-OH is 1. The number of ether oxygens (including phenoxy) is 3. The van der Waals surface area contributed by atoms with Crippen molar-refractivity contribution in [1.82, 2.24) is 0 Å². The van der Waals surface area contributed by atoms with Crippen LogP contribution in [0, 0.1) is 33.5 Å². The Morgan fingerprint density at radius 2 is 1.66 bits per heavy atom. The minimum Gasteiger partial charge on any atom is -0.459 e. The molecule has 1 N–H and O–H groups in total. The first-order chi connectivity index (χ1) is 14.8. The largest absolute Gasteiger partial charge is 0.459 e. The van der Waals surface area contributed by atoms with Gasteiger partial charge >= 0.3 is 5.97 Å². The maximum atomic E-state index is 13.4. The highest BCUT2D eigenvalue weighted by Crippen LogP contribution is 2.58. The molecule has 0 spiro atoms. The van der Waals surface area contributed by atoms with Crippen LogP contribution in [0.5, 0.6) is 0 Å². The molecule has 3 unspecified atom stereocenters. The van der Waals surface area contributed by atoms with E-state index >= 15 is 0 Å². The maximum absolute atomic E-state index is 13.4. The molecule has 2 aliphatic heterocycles. The molecule has 3 rings (SSSR count). The summed E-state index contributed by atoms with van der Waals surface area (Å²) in [6.45, 7) is 14.5. The van der Waals surface area contributed by atoms with Crippen molar-refractivity contribution in [1.29, 1.82) is 0 Å². The predicted octanol–water partition coefficient (Wildman–Crippen LogP) is 5.82. The zero-order valence-corrected chi connectivity index (χ0v) is 23.6. The second-order valence-corrected chi connectivity index (χ2v) is 14.9. The molecule has 0 amide bonds. The van der Waals surface area contributed by atoms with Gasteiger partial charge < -0.3 is 19.3 Å². The SMILES string of the molecule is CC(C)(C)C1(CO)COC1C(OC(=O)C1CCC(C=C(Br)Br)CC1)C1(C(C)(C)C)COC1. The monoisotopic (exact) mass is 578 g/mol. The van der Waals surface area contributed by atoms with Crippen LogP contribution in [-0.2, 0) is 19.0 Å². The average Bonchev–Trinajstić information content (AvgIpc) is 2.58. The molecule has 1 aliphatic carbocycles. The van der Waals surface area contributed by atoms with Gasteiger partial charge in [0.25, 0.3) is 0 Å². The van der Waals surface area contributed by atoms with Gasteiger partial charge in [-0.1, -0.05) is 47.6 Å². The molecule has 1 saturated carbocycles. The highest BCUT2D eigenvalue weighted by molar-refractivity contribution is 9.28. The Kier molecular flexibility index (Phi) is 7.99. The number of aliphatic hydroxyl groups is 1. The van der Waals surface area contributed by atoms with E-state index in [9.17, 15) is 9.90 Å². The lowest BCUT2D eigenvalue weighted by atomic mass is 9.53. The van der Waals surface area contributed by atoms with Gasteiger partial charge in [-0.25, -0.2) is 0 Å². The summed E-state index contributed by atoms with van der Waals surface area (Å²) in [6.07, 6.45) is 4.99. The Balaban J connectivity index is 1.84. The second kappa shape index (κ2) is 9.60. The van der Waals surface area contributed by atoms with Crippen LogP contribution in [0.3, 0.4) is 0 Å². The number of hydrogen-bond donors (Lipinski definition) is 1. The van der Waals surface area contributed by atoms with Gasteiger partial charge in [-0.3, -0.25) is 4.79 Å². The lowest BCUT2D eigenvalue weighted by molar-refractivity contribution is -0.331. The molecular weight excluding hydrogens is 540 g/mol.